The lowest BCUT2D eigenvalue weighted by Gasteiger charge is -2.28. The van der Waals surface area contributed by atoms with Crippen molar-refractivity contribution >= 4 is 28.2 Å². The Morgan fingerprint density at radius 3 is 2.67 bits per heavy atom. The topological polar surface area (TPSA) is 64.5 Å². The molecule has 0 unspecified atom stereocenters. The minimum absolute atomic E-state index is 0.0743. The molecule has 0 saturated heterocycles. The number of furan rings is 1. The Hall–Kier alpha value is -2.64. The summed E-state index contributed by atoms with van der Waals surface area (Å²) in [6, 6.07) is 11.8. The van der Waals surface area contributed by atoms with Gasteiger partial charge in [-0.25, -0.2) is 0 Å². The summed E-state index contributed by atoms with van der Waals surface area (Å²) < 4.78 is 5.39. The van der Waals surface area contributed by atoms with Gasteiger partial charge in [-0.05, 0) is 67.4 Å². The standard InChI is InChI=1S/C23H30N4O2S/c1-4-26(5-2)10-11-27(23(30)24-15-20-7-6-12-29-20)16-19-14-18-9-8-17(3)13-21(18)25-22(19)28/h6-9,12-14H,4-5,10-11,15-16H2,1-3H3,(H,24,30)(H,25,28). The lowest BCUT2D eigenvalue weighted by molar-refractivity contribution is 0.263. The van der Waals surface area contributed by atoms with Gasteiger partial charge in [-0.3, -0.25) is 4.79 Å². The van der Waals surface area contributed by atoms with Gasteiger partial charge in [-0.1, -0.05) is 26.0 Å². The molecule has 2 N–H and O–H groups in total. The highest BCUT2D eigenvalue weighted by Crippen LogP contribution is 2.14. The van der Waals surface area contributed by atoms with Gasteiger partial charge in [0.25, 0.3) is 5.56 Å². The van der Waals surface area contributed by atoms with Crippen LogP contribution in [0.4, 0.5) is 0 Å². The fourth-order valence-corrected chi connectivity index (χ4v) is 3.65. The summed E-state index contributed by atoms with van der Waals surface area (Å²) in [5.74, 6) is 0.819. The molecule has 0 atom stereocenters. The van der Waals surface area contributed by atoms with Gasteiger partial charge >= 0.3 is 0 Å². The number of rotatable bonds is 9. The summed E-state index contributed by atoms with van der Waals surface area (Å²) in [4.78, 5) is 20.1. The van der Waals surface area contributed by atoms with E-state index in [9.17, 15) is 4.79 Å². The maximum atomic E-state index is 12.7. The lowest BCUT2D eigenvalue weighted by atomic mass is 10.1. The number of hydrogen-bond donors (Lipinski definition) is 2. The van der Waals surface area contributed by atoms with Crippen molar-refractivity contribution in [2.24, 2.45) is 0 Å². The number of aromatic amines is 1. The van der Waals surface area contributed by atoms with Crippen LogP contribution in [0.3, 0.4) is 0 Å². The van der Waals surface area contributed by atoms with Crippen LogP contribution in [0.1, 0.15) is 30.7 Å². The molecule has 7 heteroatoms. The number of nitrogens with one attached hydrogen (secondary N) is 2. The highest BCUT2D eigenvalue weighted by Gasteiger charge is 2.15. The van der Waals surface area contributed by atoms with Crippen LogP contribution in [-0.4, -0.2) is 46.1 Å². The van der Waals surface area contributed by atoms with Gasteiger partial charge in [0.05, 0.1) is 19.4 Å². The van der Waals surface area contributed by atoms with Crippen LogP contribution in [0.5, 0.6) is 0 Å². The summed E-state index contributed by atoms with van der Waals surface area (Å²) in [6.45, 7) is 10.8. The second kappa shape index (κ2) is 10.4. The first-order chi connectivity index (χ1) is 14.5. The zero-order valence-corrected chi connectivity index (χ0v) is 18.7. The number of benzene rings is 1. The Morgan fingerprint density at radius 2 is 1.97 bits per heavy atom. The molecular weight excluding hydrogens is 396 g/mol. The molecule has 0 bridgehead atoms. The first kappa shape index (κ1) is 22.1. The minimum Gasteiger partial charge on any atom is -0.467 e. The van der Waals surface area contributed by atoms with E-state index in [-0.39, 0.29) is 5.56 Å². The van der Waals surface area contributed by atoms with Crippen molar-refractivity contribution in [3.8, 4) is 0 Å². The van der Waals surface area contributed by atoms with E-state index in [0.29, 0.717) is 23.8 Å². The Bertz CT molecular complexity index is 1030. The van der Waals surface area contributed by atoms with Gasteiger partial charge in [-0.15, -0.1) is 0 Å². The average Bonchev–Trinajstić information content (AvgIpc) is 3.26. The fraction of sp³-hybridized carbons (Fsp3) is 0.391. The van der Waals surface area contributed by atoms with E-state index in [2.05, 4.69) is 40.0 Å². The summed E-state index contributed by atoms with van der Waals surface area (Å²) in [5, 5.41) is 4.90. The molecule has 0 radical (unpaired) electrons. The van der Waals surface area contributed by atoms with E-state index < -0.39 is 0 Å². The third-order valence-electron chi connectivity index (χ3n) is 5.30. The normalized spacial score (nSPS) is 11.2. The zero-order chi connectivity index (χ0) is 21.5. The second-order valence-electron chi connectivity index (χ2n) is 7.40. The monoisotopic (exact) mass is 426 g/mol. The summed E-state index contributed by atoms with van der Waals surface area (Å²) >= 11 is 5.67. The summed E-state index contributed by atoms with van der Waals surface area (Å²) in [6.07, 6.45) is 1.65. The van der Waals surface area contributed by atoms with Gasteiger partial charge in [0.15, 0.2) is 5.11 Å². The number of aryl methyl sites for hydroxylation is 1. The molecule has 3 rings (SSSR count). The number of hydrogen-bond acceptors (Lipinski definition) is 4. The van der Waals surface area contributed by atoms with Crippen molar-refractivity contribution < 1.29 is 4.42 Å². The first-order valence-electron chi connectivity index (χ1n) is 10.4. The molecule has 0 aliphatic heterocycles. The predicted molar refractivity (Wildman–Crippen MR) is 126 cm³/mol. The maximum absolute atomic E-state index is 12.7. The van der Waals surface area contributed by atoms with Crippen LogP contribution in [0.15, 0.2) is 51.9 Å². The quantitative estimate of drug-likeness (QED) is 0.509. The SMILES string of the molecule is CCN(CC)CCN(Cc1cc2ccc(C)cc2[nH]c1=O)C(=S)NCc1ccco1. The van der Waals surface area contributed by atoms with Crippen LogP contribution >= 0.6 is 12.2 Å². The second-order valence-corrected chi connectivity index (χ2v) is 7.79. The van der Waals surface area contributed by atoms with Crippen LogP contribution in [-0.2, 0) is 13.1 Å². The number of thiocarbonyl (C=S) groups is 1. The Labute approximate surface area is 182 Å². The number of nitrogens with zero attached hydrogens (tertiary/aromatic N) is 2. The molecular formula is C23H30N4O2S. The smallest absolute Gasteiger partial charge is 0.253 e. The van der Waals surface area contributed by atoms with Crippen molar-refractivity contribution in [2.75, 3.05) is 26.2 Å². The molecule has 0 spiro atoms. The molecule has 160 valence electrons. The van der Waals surface area contributed by atoms with Crippen LogP contribution in [0.25, 0.3) is 10.9 Å². The average molecular weight is 427 g/mol. The molecule has 0 fully saturated rings. The molecule has 2 heterocycles. The molecule has 0 amide bonds. The van der Waals surface area contributed by atoms with Crippen molar-refractivity contribution in [3.05, 3.63) is 69.9 Å². The molecule has 1 aromatic carbocycles. The van der Waals surface area contributed by atoms with Crippen LogP contribution in [0, 0.1) is 6.92 Å². The van der Waals surface area contributed by atoms with Gasteiger partial charge in [-0.2, -0.15) is 0 Å². The number of pyridine rings is 1. The Morgan fingerprint density at radius 1 is 1.17 bits per heavy atom. The Balaban J connectivity index is 1.79. The van der Waals surface area contributed by atoms with E-state index in [1.165, 1.54) is 0 Å². The van der Waals surface area contributed by atoms with Crippen LogP contribution < -0.4 is 10.9 Å². The summed E-state index contributed by atoms with van der Waals surface area (Å²) in [7, 11) is 0. The van der Waals surface area contributed by atoms with Crippen LogP contribution in [0.2, 0.25) is 0 Å². The summed E-state index contributed by atoms with van der Waals surface area (Å²) in [5.41, 5.74) is 2.61. The molecule has 6 nitrogen and oxygen atoms in total. The van der Waals surface area contributed by atoms with Crippen molar-refractivity contribution in [3.63, 3.8) is 0 Å². The third kappa shape index (κ3) is 5.70. The third-order valence-corrected chi connectivity index (χ3v) is 5.70. The number of likely N-dealkylation sites (N-methyl/N-ethyl adjacent to an activating group) is 1. The molecule has 30 heavy (non-hydrogen) atoms. The molecule has 2 aromatic heterocycles. The largest absolute Gasteiger partial charge is 0.467 e. The van der Waals surface area contributed by atoms with Gasteiger partial charge in [0.2, 0.25) is 0 Å². The molecule has 0 aliphatic rings. The Kier molecular flexibility index (Phi) is 7.65. The van der Waals surface area contributed by atoms with Gasteiger partial charge in [0.1, 0.15) is 5.76 Å². The van der Waals surface area contributed by atoms with Gasteiger partial charge in [0, 0.05) is 24.2 Å². The van der Waals surface area contributed by atoms with Crippen molar-refractivity contribution in [1.29, 1.82) is 0 Å². The van der Waals surface area contributed by atoms with Crippen molar-refractivity contribution in [2.45, 2.75) is 33.9 Å². The number of fused-ring (bicyclic) bond motifs is 1. The van der Waals surface area contributed by atoms with Crippen molar-refractivity contribution in [1.82, 2.24) is 20.1 Å². The number of aromatic nitrogens is 1. The minimum atomic E-state index is -0.0743. The fourth-order valence-electron chi connectivity index (χ4n) is 3.43. The van der Waals surface area contributed by atoms with Gasteiger partial charge < -0.3 is 24.5 Å². The van der Waals surface area contributed by atoms with E-state index in [4.69, 9.17) is 16.6 Å². The van der Waals surface area contributed by atoms with E-state index in [1.54, 1.807) is 6.26 Å². The van der Waals surface area contributed by atoms with E-state index >= 15 is 0 Å². The lowest BCUT2D eigenvalue weighted by Crippen LogP contribution is -2.44. The highest BCUT2D eigenvalue weighted by atomic mass is 32.1. The zero-order valence-electron chi connectivity index (χ0n) is 17.9. The molecule has 0 saturated carbocycles. The number of H-pyrrole nitrogens is 1. The highest BCUT2D eigenvalue weighted by molar-refractivity contribution is 7.80. The molecule has 3 aromatic rings. The van der Waals surface area contributed by atoms with E-state index in [0.717, 1.165) is 48.4 Å². The maximum Gasteiger partial charge on any atom is 0.253 e. The van der Waals surface area contributed by atoms with E-state index in [1.807, 2.05) is 37.3 Å². The molecule has 0 aliphatic carbocycles. The first-order valence-corrected chi connectivity index (χ1v) is 10.8. The predicted octanol–water partition coefficient (Wildman–Crippen LogP) is 3.65.